The van der Waals surface area contributed by atoms with Crippen LogP contribution in [0.15, 0.2) is 0 Å². The van der Waals surface area contributed by atoms with Crippen LogP contribution in [-0.4, -0.2) is 35.2 Å². The second kappa shape index (κ2) is 6.02. The highest BCUT2D eigenvalue weighted by atomic mass is 16.3. The Hall–Kier alpha value is -0.0800. The summed E-state index contributed by atoms with van der Waals surface area (Å²) in [6.45, 7) is 3.57. The van der Waals surface area contributed by atoms with Crippen LogP contribution in [0.1, 0.15) is 58.3 Å². The summed E-state index contributed by atoms with van der Waals surface area (Å²) in [5.41, 5.74) is 0. The van der Waals surface area contributed by atoms with E-state index in [0.717, 1.165) is 24.5 Å². The molecule has 0 aromatic heterocycles. The van der Waals surface area contributed by atoms with E-state index in [2.05, 4.69) is 11.8 Å². The number of hydrogen-bond donors (Lipinski definition) is 1. The summed E-state index contributed by atoms with van der Waals surface area (Å²) in [6, 6.07) is 1.57. The number of nitrogens with zero attached hydrogens (tertiary/aromatic N) is 1. The minimum atomic E-state index is 0.337. The Morgan fingerprint density at radius 1 is 1.06 bits per heavy atom. The van der Waals surface area contributed by atoms with Crippen LogP contribution in [0.5, 0.6) is 0 Å². The summed E-state index contributed by atoms with van der Waals surface area (Å²) in [5, 5.41) is 9.22. The molecule has 2 rings (SSSR count). The molecule has 0 aromatic rings. The molecule has 2 nitrogen and oxygen atoms in total. The number of rotatable bonds is 5. The van der Waals surface area contributed by atoms with Crippen molar-refractivity contribution in [3.05, 3.63) is 0 Å². The van der Waals surface area contributed by atoms with Crippen molar-refractivity contribution in [2.45, 2.75) is 70.4 Å². The first kappa shape index (κ1) is 12.4. The minimum absolute atomic E-state index is 0.337. The van der Waals surface area contributed by atoms with Gasteiger partial charge >= 0.3 is 0 Å². The molecule has 2 fully saturated rings. The summed E-state index contributed by atoms with van der Waals surface area (Å²) in [7, 11) is 0. The van der Waals surface area contributed by atoms with Crippen molar-refractivity contribution in [2.24, 2.45) is 5.92 Å². The van der Waals surface area contributed by atoms with Gasteiger partial charge in [-0.3, -0.25) is 4.90 Å². The number of aliphatic hydroxyl groups excluding tert-OH is 1. The van der Waals surface area contributed by atoms with Gasteiger partial charge in [-0.15, -0.1) is 0 Å². The van der Waals surface area contributed by atoms with Crippen molar-refractivity contribution < 1.29 is 5.11 Å². The van der Waals surface area contributed by atoms with Gasteiger partial charge in [-0.2, -0.15) is 0 Å². The van der Waals surface area contributed by atoms with E-state index in [0.29, 0.717) is 6.61 Å². The normalized spacial score (nSPS) is 31.7. The van der Waals surface area contributed by atoms with E-state index in [1.165, 1.54) is 51.4 Å². The van der Waals surface area contributed by atoms with Crippen LogP contribution in [0.25, 0.3) is 0 Å². The Balaban J connectivity index is 1.90. The monoisotopic (exact) mass is 225 g/mol. The molecule has 2 aliphatic carbocycles. The van der Waals surface area contributed by atoms with Crippen molar-refractivity contribution in [1.82, 2.24) is 4.90 Å². The molecule has 0 aromatic carbocycles. The molecule has 2 unspecified atom stereocenters. The summed E-state index contributed by atoms with van der Waals surface area (Å²) >= 11 is 0. The highest BCUT2D eigenvalue weighted by Crippen LogP contribution is 2.34. The second-order valence-corrected chi connectivity index (χ2v) is 5.64. The smallest absolute Gasteiger partial charge is 0.0558 e. The van der Waals surface area contributed by atoms with Gasteiger partial charge in [0.25, 0.3) is 0 Å². The molecular weight excluding hydrogens is 198 g/mol. The van der Waals surface area contributed by atoms with Crippen molar-refractivity contribution in [3.8, 4) is 0 Å². The molecule has 2 saturated carbocycles. The fourth-order valence-electron chi connectivity index (χ4n) is 3.43. The van der Waals surface area contributed by atoms with E-state index in [1.54, 1.807) is 0 Å². The Bertz CT molecular complexity index is 203. The van der Waals surface area contributed by atoms with Crippen LogP contribution >= 0.6 is 0 Å². The lowest BCUT2D eigenvalue weighted by molar-refractivity contribution is 0.0325. The molecule has 0 heterocycles. The Kier molecular flexibility index (Phi) is 4.66. The van der Waals surface area contributed by atoms with Gasteiger partial charge in [0.1, 0.15) is 0 Å². The molecule has 0 amide bonds. The van der Waals surface area contributed by atoms with Gasteiger partial charge in [-0.25, -0.2) is 0 Å². The van der Waals surface area contributed by atoms with E-state index in [-0.39, 0.29) is 0 Å². The molecule has 0 bridgehead atoms. The average molecular weight is 225 g/mol. The first-order chi connectivity index (χ1) is 7.85. The molecule has 0 saturated heterocycles. The zero-order valence-corrected chi connectivity index (χ0v) is 10.7. The quantitative estimate of drug-likeness (QED) is 0.777. The lowest BCUT2D eigenvalue weighted by atomic mass is 9.81. The molecule has 1 N–H and O–H groups in total. The van der Waals surface area contributed by atoms with E-state index in [1.807, 2.05) is 0 Å². The first-order valence-corrected chi connectivity index (χ1v) is 7.21. The van der Waals surface area contributed by atoms with E-state index < -0.39 is 0 Å². The van der Waals surface area contributed by atoms with E-state index in [4.69, 9.17) is 0 Å². The Labute approximate surface area is 100 Å². The maximum Gasteiger partial charge on any atom is 0.0558 e. The highest BCUT2D eigenvalue weighted by molar-refractivity contribution is 4.87. The molecule has 2 heteroatoms. The van der Waals surface area contributed by atoms with Crippen LogP contribution in [0, 0.1) is 5.92 Å². The molecule has 2 aliphatic rings. The molecule has 2 atom stereocenters. The highest BCUT2D eigenvalue weighted by Gasteiger charge is 2.32. The lowest BCUT2D eigenvalue weighted by Gasteiger charge is -2.45. The van der Waals surface area contributed by atoms with Gasteiger partial charge in [-0.05, 0) is 31.6 Å². The maximum absolute atomic E-state index is 9.22. The zero-order chi connectivity index (χ0) is 11.4. The number of aliphatic hydroxyl groups is 1. The summed E-state index contributed by atoms with van der Waals surface area (Å²) in [6.07, 6.45) is 11.1. The van der Waals surface area contributed by atoms with Crippen LogP contribution in [-0.2, 0) is 0 Å². The predicted octanol–water partition coefficient (Wildman–Crippen LogP) is 2.80. The summed E-state index contributed by atoms with van der Waals surface area (Å²) in [5.74, 6) is 0.944. The standard InChI is InChI=1S/C14H27NO/c1-2-12-5-3-8-14(11-12)15(9-10-16)13-6-4-7-13/h12-14,16H,2-11H2,1H3. The fourth-order valence-corrected chi connectivity index (χ4v) is 3.43. The largest absolute Gasteiger partial charge is 0.395 e. The molecule has 16 heavy (non-hydrogen) atoms. The van der Waals surface area contributed by atoms with Crippen molar-refractivity contribution in [1.29, 1.82) is 0 Å². The second-order valence-electron chi connectivity index (χ2n) is 5.64. The van der Waals surface area contributed by atoms with Crippen LogP contribution in [0.4, 0.5) is 0 Å². The van der Waals surface area contributed by atoms with Crippen molar-refractivity contribution >= 4 is 0 Å². The fraction of sp³-hybridized carbons (Fsp3) is 1.00. The lowest BCUT2D eigenvalue weighted by Crippen LogP contribution is -2.49. The van der Waals surface area contributed by atoms with Gasteiger partial charge < -0.3 is 5.11 Å². The SMILES string of the molecule is CCC1CCCC(N(CCO)C2CCC2)C1. The molecule has 0 aliphatic heterocycles. The number of hydrogen-bond acceptors (Lipinski definition) is 2. The maximum atomic E-state index is 9.22. The van der Waals surface area contributed by atoms with E-state index >= 15 is 0 Å². The Morgan fingerprint density at radius 3 is 2.31 bits per heavy atom. The third kappa shape index (κ3) is 2.78. The zero-order valence-electron chi connectivity index (χ0n) is 10.7. The van der Waals surface area contributed by atoms with Gasteiger partial charge in [0.2, 0.25) is 0 Å². The van der Waals surface area contributed by atoms with Crippen LogP contribution in [0.3, 0.4) is 0 Å². The third-order valence-corrected chi connectivity index (χ3v) is 4.70. The van der Waals surface area contributed by atoms with Crippen LogP contribution in [0.2, 0.25) is 0 Å². The van der Waals surface area contributed by atoms with Gasteiger partial charge in [-0.1, -0.05) is 32.6 Å². The average Bonchev–Trinajstić information content (AvgIpc) is 2.26. The molecule has 0 radical (unpaired) electrons. The van der Waals surface area contributed by atoms with E-state index in [9.17, 15) is 5.11 Å². The van der Waals surface area contributed by atoms with Gasteiger partial charge in [0, 0.05) is 18.6 Å². The first-order valence-electron chi connectivity index (χ1n) is 7.21. The third-order valence-electron chi connectivity index (χ3n) is 4.70. The van der Waals surface area contributed by atoms with Gasteiger partial charge in [0.15, 0.2) is 0 Å². The summed E-state index contributed by atoms with van der Waals surface area (Å²) in [4.78, 5) is 2.63. The molecular formula is C14H27NO. The summed E-state index contributed by atoms with van der Waals surface area (Å²) < 4.78 is 0. The van der Waals surface area contributed by atoms with Crippen molar-refractivity contribution in [3.63, 3.8) is 0 Å². The van der Waals surface area contributed by atoms with Crippen molar-refractivity contribution in [2.75, 3.05) is 13.2 Å². The van der Waals surface area contributed by atoms with Crippen LogP contribution < -0.4 is 0 Å². The topological polar surface area (TPSA) is 23.5 Å². The predicted molar refractivity (Wildman–Crippen MR) is 67.5 cm³/mol. The minimum Gasteiger partial charge on any atom is -0.395 e. The Morgan fingerprint density at radius 2 is 1.75 bits per heavy atom. The molecule has 0 spiro atoms. The molecule has 94 valence electrons. The van der Waals surface area contributed by atoms with Gasteiger partial charge in [0.05, 0.1) is 6.61 Å².